The number of hydrazine groups is 1. The van der Waals surface area contributed by atoms with E-state index in [1.807, 2.05) is 30.3 Å². The number of benzene rings is 1. The monoisotopic (exact) mass is 358 g/mol. The van der Waals surface area contributed by atoms with Crippen LogP contribution < -0.4 is 16.2 Å². The van der Waals surface area contributed by atoms with Crippen LogP contribution in [-0.4, -0.2) is 46.8 Å². The normalized spacial score (nSPS) is 22.8. The third-order valence-corrected chi connectivity index (χ3v) is 5.59. The van der Waals surface area contributed by atoms with Crippen molar-refractivity contribution < 1.29 is 4.79 Å². The number of hydrogen-bond donors (Lipinski definition) is 3. The maximum atomic E-state index is 12.4. The molecule has 2 aliphatic rings. The van der Waals surface area contributed by atoms with Crippen molar-refractivity contribution in [3.63, 3.8) is 0 Å². The quantitative estimate of drug-likeness (QED) is 0.764. The second kappa shape index (κ2) is 7.07. The summed E-state index contributed by atoms with van der Waals surface area (Å²) in [5.41, 5.74) is 7.66. The van der Waals surface area contributed by atoms with E-state index in [0.717, 1.165) is 22.9 Å². The lowest BCUT2D eigenvalue weighted by Gasteiger charge is -2.20. The average Bonchev–Trinajstić information content (AvgIpc) is 3.20. The SMILES string of the molecule is CN(CC1CC(C2CC2)NN1)C(=O)Nc1nnc(-c2ccccc2)s1. The second-order valence-electron chi connectivity index (χ2n) is 6.75. The third-order valence-electron chi connectivity index (χ3n) is 4.70. The summed E-state index contributed by atoms with van der Waals surface area (Å²) in [6.07, 6.45) is 3.71. The van der Waals surface area contributed by atoms with Gasteiger partial charge >= 0.3 is 6.03 Å². The summed E-state index contributed by atoms with van der Waals surface area (Å²) >= 11 is 1.38. The maximum Gasteiger partial charge on any atom is 0.323 e. The molecular weight excluding hydrogens is 336 g/mol. The first-order valence-electron chi connectivity index (χ1n) is 8.61. The first kappa shape index (κ1) is 16.4. The number of hydrogen-bond acceptors (Lipinski definition) is 6. The summed E-state index contributed by atoms with van der Waals surface area (Å²) in [5, 5.41) is 12.4. The highest BCUT2D eigenvalue weighted by Crippen LogP contribution is 2.35. The summed E-state index contributed by atoms with van der Waals surface area (Å²) in [6.45, 7) is 0.659. The fourth-order valence-corrected chi connectivity index (χ4v) is 3.89. The van der Waals surface area contributed by atoms with Crippen molar-refractivity contribution in [2.24, 2.45) is 5.92 Å². The van der Waals surface area contributed by atoms with Gasteiger partial charge in [0, 0.05) is 31.2 Å². The van der Waals surface area contributed by atoms with Gasteiger partial charge < -0.3 is 4.90 Å². The van der Waals surface area contributed by atoms with Gasteiger partial charge in [-0.05, 0) is 25.2 Å². The van der Waals surface area contributed by atoms with Crippen LogP contribution in [0.1, 0.15) is 19.3 Å². The van der Waals surface area contributed by atoms with Crippen LogP contribution in [0.15, 0.2) is 30.3 Å². The predicted octanol–water partition coefficient (Wildman–Crippen LogP) is 2.31. The molecule has 1 aromatic heterocycles. The summed E-state index contributed by atoms with van der Waals surface area (Å²) < 4.78 is 0. The Labute approximate surface area is 150 Å². The minimum absolute atomic E-state index is 0.160. The predicted molar refractivity (Wildman–Crippen MR) is 98.2 cm³/mol. The van der Waals surface area contributed by atoms with Crippen molar-refractivity contribution in [1.29, 1.82) is 0 Å². The molecule has 7 nitrogen and oxygen atoms in total. The Kier molecular flexibility index (Phi) is 4.65. The number of urea groups is 1. The van der Waals surface area contributed by atoms with Crippen LogP contribution in [0.5, 0.6) is 0 Å². The van der Waals surface area contributed by atoms with E-state index >= 15 is 0 Å². The Morgan fingerprint density at radius 2 is 2.08 bits per heavy atom. The highest BCUT2D eigenvalue weighted by atomic mass is 32.1. The highest BCUT2D eigenvalue weighted by molar-refractivity contribution is 7.18. The number of aromatic nitrogens is 2. The molecule has 8 heteroatoms. The molecule has 1 saturated carbocycles. The molecule has 3 N–H and O–H groups in total. The summed E-state index contributed by atoms with van der Waals surface area (Å²) in [4.78, 5) is 14.1. The van der Waals surface area contributed by atoms with E-state index in [1.54, 1.807) is 11.9 Å². The van der Waals surface area contributed by atoms with Gasteiger partial charge in [-0.15, -0.1) is 10.2 Å². The number of amides is 2. The molecule has 0 radical (unpaired) electrons. The highest BCUT2D eigenvalue weighted by Gasteiger charge is 2.36. The first-order valence-corrected chi connectivity index (χ1v) is 9.43. The molecule has 132 valence electrons. The summed E-state index contributed by atoms with van der Waals surface area (Å²) in [7, 11) is 1.81. The lowest BCUT2D eigenvalue weighted by Crippen LogP contribution is -2.43. The first-order chi connectivity index (χ1) is 12.2. The molecule has 2 amide bonds. The van der Waals surface area contributed by atoms with Crippen LogP contribution in [0.2, 0.25) is 0 Å². The van der Waals surface area contributed by atoms with E-state index in [0.29, 0.717) is 17.7 Å². The molecule has 25 heavy (non-hydrogen) atoms. The van der Waals surface area contributed by atoms with Gasteiger partial charge in [0.2, 0.25) is 5.13 Å². The van der Waals surface area contributed by atoms with E-state index in [1.165, 1.54) is 24.2 Å². The van der Waals surface area contributed by atoms with Crippen molar-refractivity contribution in [1.82, 2.24) is 25.9 Å². The fraction of sp³-hybridized carbons (Fsp3) is 0.471. The lowest BCUT2D eigenvalue weighted by molar-refractivity contribution is 0.217. The van der Waals surface area contributed by atoms with Crippen molar-refractivity contribution in [2.75, 3.05) is 18.9 Å². The van der Waals surface area contributed by atoms with Crippen molar-refractivity contribution in [2.45, 2.75) is 31.3 Å². The number of likely N-dealkylation sites (N-methyl/N-ethyl adjacent to an activating group) is 1. The Morgan fingerprint density at radius 1 is 1.28 bits per heavy atom. The van der Waals surface area contributed by atoms with Crippen LogP contribution in [0.3, 0.4) is 0 Å². The van der Waals surface area contributed by atoms with Gasteiger partial charge in [-0.3, -0.25) is 16.2 Å². The molecule has 2 unspecified atom stereocenters. The van der Waals surface area contributed by atoms with Crippen molar-refractivity contribution in [3.05, 3.63) is 30.3 Å². The minimum Gasteiger partial charge on any atom is -0.326 e. The Morgan fingerprint density at radius 3 is 2.84 bits per heavy atom. The molecule has 1 aliphatic carbocycles. The van der Waals surface area contributed by atoms with Crippen LogP contribution in [0, 0.1) is 5.92 Å². The van der Waals surface area contributed by atoms with Gasteiger partial charge in [-0.1, -0.05) is 41.7 Å². The molecule has 2 atom stereocenters. The number of carbonyl (C=O) groups is 1. The third kappa shape index (κ3) is 3.97. The number of nitrogens with one attached hydrogen (secondary N) is 3. The zero-order valence-electron chi connectivity index (χ0n) is 14.1. The van der Waals surface area contributed by atoms with Crippen LogP contribution in [0.4, 0.5) is 9.93 Å². The van der Waals surface area contributed by atoms with Gasteiger partial charge in [0.15, 0.2) is 0 Å². The Hall–Kier alpha value is -2.03. The summed E-state index contributed by atoms with van der Waals surface area (Å²) in [5.74, 6) is 0.814. The zero-order chi connectivity index (χ0) is 17.2. The van der Waals surface area contributed by atoms with E-state index in [9.17, 15) is 4.79 Å². The van der Waals surface area contributed by atoms with E-state index in [-0.39, 0.29) is 12.1 Å². The molecule has 2 fully saturated rings. The fourth-order valence-electron chi connectivity index (χ4n) is 3.15. The van der Waals surface area contributed by atoms with Crippen molar-refractivity contribution in [3.8, 4) is 10.6 Å². The largest absolute Gasteiger partial charge is 0.326 e. The molecule has 2 aromatic rings. The van der Waals surface area contributed by atoms with E-state index in [2.05, 4.69) is 26.4 Å². The lowest BCUT2D eigenvalue weighted by atomic mass is 10.1. The zero-order valence-corrected chi connectivity index (χ0v) is 14.9. The van der Waals surface area contributed by atoms with Crippen LogP contribution >= 0.6 is 11.3 Å². The number of nitrogens with zero attached hydrogens (tertiary/aromatic N) is 3. The molecule has 0 bridgehead atoms. The van der Waals surface area contributed by atoms with Gasteiger partial charge in [0.05, 0.1) is 0 Å². The van der Waals surface area contributed by atoms with Crippen LogP contribution in [0.25, 0.3) is 10.6 Å². The molecule has 1 aliphatic heterocycles. The van der Waals surface area contributed by atoms with Gasteiger partial charge in [-0.2, -0.15) is 0 Å². The standard InChI is InChI=1S/C17H22N6OS/c1-23(10-13-9-14(20-19-13)11-7-8-11)17(24)18-16-22-21-15(25-16)12-5-3-2-4-6-12/h2-6,11,13-14,19-20H,7-10H2,1H3,(H,18,22,24). The number of rotatable bonds is 5. The number of carbonyl (C=O) groups excluding carboxylic acids is 1. The molecule has 0 spiro atoms. The smallest absolute Gasteiger partial charge is 0.323 e. The second-order valence-corrected chi connectivity index (χ2v) is 7.73. The van der Waals surface area contributed by atoms with Crippen LogP contribution in [-0.2, 0) is 0 Å². The van der Waals surface area contributed by atoms with Crippen molar-refractivity contribution >= 4 is 22.5 Å². The van der Waals surface area contributed by atoms with E-state index < -0.39 is 0 Å². The minimum atomic E-state index is -0.160. The molecule has 1 saturated heterocycles. The average molecular weight is 358 g/mol. The Balaban J connectivity index is 1.30. The number of anilines is 1. The Bertz CT molecular complexity index is 732. The summed E-state index contributed by atoms with van der Waals surface area (Å²) in [6, 6.07) is 10.5. The molecule has 1 aromatic carbocycles. The topological polar surface area (TPSA) is 82.2 Å². The molecule has 4 rings (SSSR count). The van der Waals surface area contributed by atoms with Gasteiger partial charge in [0.25, 0.3) is 0 Å². The van der Waals surface area contributed by atoms with Gasteiger partial charge in [0.1, 0.15) is 5.01 Å². The molecular formula is C17H22N6OS. The van der Waals surface area contributed by atoms with Gasteiger partial charge in [-0.25, -0.2) is 4.79 Å². The maximum absolute atomic E-state index is 12.4. The van der Waals surface area contributed by atoms with E-state index in [4.69, 9.17) is 0 Å². The molecule has 2 heterocycles.